The zero-order valence-corrected chi connectivity index (χ0v) is 12.9. The Morgan fingerprint density at radius 2 is 1.61 bits per heavy atom. The first-order valence-electron chi connectivity index (χ1n) is 6.78. The summed E-state index contributed by atoms with van der Waals surface area (Å²) in [5.74, 6) is 0. The van der Waals surface area contributed by atoms with Gasteiger partial charge in [-0.2, -0.15) is 0 Å². The summed E-state index contributed by atoms with van der Waals surface area (Å²) in [6.45, 7) is 9.91. The van der Waals surface area contributed by atoms with Crippen molar-refractivity contribution in [3.05, 3.63) is 30.3 Å². The molecule has 0 spiro atoms. The largest absolute Gasteiger partial charge is 0.376 e. The van der Waals surface area contributed by atoms with Crippen molar-refractivity contribution in [3.63, 3.8) is 0 Å². The van der Waals surface area contributed by atoms with Crippen molar-refractivity contribution in [1.29, 1.82) is 0 Å². The maximum Gasteiger partial charge on any atom is 0.376 e. The monoisotopic (exact) mass is 266 g/mol. The van der Waals surface area contributed by atoms with E-state index < -0.39 is 7.80 Å². The van der Waals surface area contributed by atoms with Crippen LogP contribution >= 0.6 is 7.80 Å². The lowest BCUT2D eigenvalue weighted by Gasteiger charge is -2.29. The van der Waals surface area contributed by atoms with Crippen LogP contribution in [-0.2, 0) is 4.57 Å². The SMILES string of the molecule is CC(C)N(CCC[P+](=O)c1ccccc1)C(C)C. The molecule has 100 valence electrons. The average molecular weight is 266 g/mol. The number of benzene rings is 1. The molecule has 1 rings (SSSR count). The number of rotatable bonds is 7. The van der Waals surface area contributed by atoms with Crippen molar-refractivity contribution < 1.29 is 4.57 Å². The topological polar surface area (TPSA) is 20.3 Å². The Kier molecular flexibility index (Phi) is 6.52. The molecule has 1 unspecified atom stereocenters. The summed E-state index contributed by atoms with van der Waals surface area (Å²) in [6, 6.07) is 10.9. The molecule has 0 aliphatic heterocycles. The highest BCUT2D eigenvalue weighted by molar-refractivity contribution is 7.53. The van der Waals surface area contributed by atoms with E-state index in [2.05, 4.69) is 32.6 Å². The highest BCUT2D eigenvalue weighted by Gasteiger charge is 2.20. The number of hydrogen-bond donors (Lipinski definition) is 0. The van der Waals surface area contributed by atoms with Crippen molar-refractivity contribution in [2.75, 3.05) is 12.7 Å². The third-order valence-electron chi connectivity index (χ3n) is 3.15. The highest BCUT2D eigenvalue weighted by atomic mass is 31.1. The third kappa shape index (κ3) is 4.88. The Morgan fingerprint density at radius 1 is 1.06 bits per heavy atom. The number of nitrogens with zero attached hydrogens (tertiary/aromatic N) is 1. The predicted octanol–water partition coefficient (Wildman–Crippen LogP) is 3.65. The summed E-state index contributed by atoms with van der Waals surface area (Å²) in [7, 11) is -1.22. The van der Waals surface area contributed by atoms with Crippen LogP contribution in [0.15, 0.2) is 30.3 Å². The Labute approximate surface area is 112 Å². The highest BCUT2D eigenvalue weighted by Crippen LogP contribution is 2.21. The van der Waals surface area contributed by atoms with Gasteiger partial charge in [0.2, 0.25) is 0 Å². The van der Waals surface area contributed by atoms with Crippen LogP contribution in [0.2, 0.25) is 0 Å². The lowest BCUT2D eigenvalue weighted by molar-refractivity contribution is 0.176. The summed E-state index contributed by atoms with van der Waals surface area (Å²) in [5, 5.41) is 0.980. The molecule has 1 atom stereocenters. The van der Waals surface area contributed by atoms with Crippen LogP contribution in [0.5, 0.6) is 0 Å². The molecule has 0 heterocycles. The molecular weight excluding hydrogens is 241 g/mol. The molecule has 1 aromatic rings. The summed E-state index contributed by atoms with van der Waals surface area (Å²) in [6.07, 6.45) is 1.79. The molecule has 18 heavy (non-hydrogen) atoms. The maximum atomic E-state index is 12.1. The molecule has 0 aliphatic rings. The lowest BCUT2D eigenvalue weighted by Crippen LogP contribution is -2.37. The minimum atomic E-state index is -1.22. The molecule has 1 aromatic carbocycles. The lowest BCUT2D eigenvalue weighted by atomic mass is 10.2. The Bertz CT molecular complexity index is 354. The van der Waals surface area contributed by atoms with Gasteiger partial charge >= 0.3 is 7.80 Å². The maximum absolute atomic E-state index is 12.1. The molecule has 2 nitrogen and oxygen atoms in total. The standard InChI is InChI=1S/C15H25NOP/c1-13(2)16(14(3)4)11-8-12-18(17)15-9-6-5-7-10-15/h5-7,9-10,13-14H,8,11-12H2,1-4H3/q+1. The Balaban J connectivity index is 2.40. The molecule has 0 amide bonds. The van der Waals surface area contributed by atoms with Gasteiger partial charge in [0.05, 0.1) is 0 Å². The van der Waals surface area contributed by atoms with Crippen molar-refractivity contribution in [2.24, 2.45) is 0 Å². The van der Waals surface area contributed by atoms with E-state index in [1.807, 2.05) is 30.3 Å². The van der Waals surface area contributed by atoms with Gasteiger partial charge in [-0.05, 0) is 39.8 Å². The van der Waals surface area contributed by atoms with Crippen LogP contribution in [0, 0.1) is 0 Å². The van der Waals surface area contributed by atoms with E-state index in [9.17, 15) is 4.57 Å². The summed E-state index contributed by atoms with van der Waals surface area (Å²) in [4.78, 5) is 2.45. The van der Waals surface area contributed by atoms with Gasteiger partial charge in [0, 0.05) is 25.0 Å². The van der Waals surface area contributed by atoms with Gasteiger partial charge in [-0.1, -0.05) is 22.8 Å². The fraction of sp³-hybridized carbons (Fsp3) is 0.600. The fourth-order valence-electron chi connectivity index (χ4n) is 2.23. The van der Waals surface area contributed by atoms with Crippen molar-refractivity contribution >= 4 is 13.1 Å². The molecule has 0 saturated carbocycles. The minimum Gasteiger partial charge on any atom is -0.298 e. The quantitative estimate of drug-likeness (QED) is 0.702. The Hall–Kier alpha value is -0.720. The van der Waals surface area contributed by atoms with E-state index in [-0.39, 0.29) is 0 Å². The van der Waals surface area contributed by atoms with Gasteiger partial charge in [0.25, 0.3) is 0 Å². The minimum absolute atomic E-state index is 0.555. The van der Waals surface area contributed by atoms with E-state index in [1.54, 1.807) is 0 Å². The first-order chi connectivity index (χ1) is 8.52. The van der Waals surface area contributed by atoms with Gasteiger partial charge in [0.1, 0.15) is 0 Å². The van der Waals surface area contributed by atoms with Gasteiger partial charge in [0.15, 0.2) is 11.5 Å². The van der Waals surface area contributed by atoms with Crippen LogP contribution in [0.3, 0.4) is 0 Å². The van der Waals surface area contributed by atoms with Crippen LogP contribution in [-0.4, -0.2) is 29.7 Å². The number of hydrogen-bond acceptors (Lipinski definition) is 2. The average Bonchev–Trinajstić information content (AvgIpc) is 2.34. The van der Waals surface area contributed by atoms with E-state index in [4.69, 9.17) is 0 Å². The second kappa shape index (κ2) is 7.66. The Morgan fingerprint density at radius 3 is 2.11 bits per heavy atom. The van der Waals surface area contributed by atoms with E-state index in [0.717, 1.165) is 24.4 Å². The normalized spacial score (nSPS) is 12.5. The molecule has 0 aromatic heterocycles. The van der Waals surface area contributed by atoms with Crippen molar-refractivity contribution in [2.45, 2.75) is 46.2 Å². The first-order valence-corrected chi connectivity index (χ1v) is 8.22. The zero-order chi connectivity index (χ0) is 13.5. The second-order valence-electron chi connectivity index (χ2n) is 5.22. The van der Waals surface area contributed by atoms with Gasteiger partial charge in [-0.3, -0.25) is 4.90 Å². The van der Waals surface area contributed by atoms with Crippen molar-refractivity contribution in [3.8, 4) is 0 Å². The molecule has 0 radical (unpaired) electrons. The molecule has 0 N–H and O–H groups in total. The second-order valence-corrected chi connectivity index (χ2v) is 6.94. The molecular formula is C15H25NOP+. The molecule has 0 fully saturated rings. The first kappa shape index (κ1) is 15.3. The van der Waals surface area contributed by atoms with Gasteiger partial charge in [-0.25, -0.2) is 0 Å². The molecule has 0 saturated heterocycles. The molecule has 0 bridgehead atoms. The summed E-state index contributed by atoms with van der Waals surface area (Å²) in [5.41, 5.74) is 0. The molecule has 0 aliphatic carbocycles. The molecule has 3 heteroatoms. The van der Waals surface area contributed by atoms with Crippen LogP contribution in [0.4, 0.5) is 0 Å². The summed E-state index contributed by atoms with van der Waals surface area (Å²) < 4.78 is 12.1. The zero-order valence-electron chi connectivity index (χ0n) is 12.0. The van der Waals surface area contributed by atoms with Crippen LogP contribution in [0.25, 0.3) is 0 Å². The predicted molar refractivity (Wildman–Crippen MR) is 80.1 cm³/mol. The van der Waals surface area contributed by atoms with Gasteiger partial charge < -0.3 is 0 Å². The van der Waals surface area contributed by atoms with Crippen LogP contribution in [0.1, 0.15) is 34.1 Å². The summed E-state index contributed by atoms with van der Waals surface area (Å²) >= 11 is 0. The third-order valence-corrected chi connectivity index (χ3v) is 4.74. The van der Waals surface area contributed by atoms with Crippen LogP contribution < -0.4 is 5.30 Å². The van der Waals surface area contributed by atoms with Crippen molar-refractivity contribution in [1.82, 2.24) is 4.90 Å². The van der Waals surface area contributed by atoms with E-state index >= 15 is 0 Å². The van der Waals surface area contributed by atoms with E-state index in [0.29, 0.717) is 12.1 Å². The van der Waals surface area contributed by atoms with E-state index in [1.165, 1.54) is 0 Å². The smallest absolute Gasteiger partial charge is 0.298 e. The fourth-order valence-corrected chi connectivity index (χ4v) is 3.42. The van der Waals surface area contributed by atoms with Gasteiger partial charge in [-0.15, -0.1) is 0 Å².